The molecule has 0 bridgehead atoms. The first-order chi connectivity index (χ1) is 11.3. The van der Waals surface area contributed by atoms with Gasteiger partial charge in [0, 0.05) is 18.0 Å². The Morgan fingerprint density at radius 1 is 1.17 bits per heavy atom. The van der Waals surface area contributed by atoms with Crippen LogP contribution in [0.2, 0.25) is 0 Å². The van der Waals surface area contributed by atoms with E-state index in [1.54, 1.807) is 23.9 Å². The number of ether oxygens (including phenoxy) is 1. The molecule has 2 aromatic rings. The van der Waals surface area contributed by atoms with Crippen molar-refractivity contribution in [2.75, 3.05) is 19.7 Å². The number of thioether (sulfide) groups is 1. The maximum Gasteiger partial charge on any atom is 0.336 e. The first kappa shape index (κ1) is 16.1. The van der Waals surface area contributed by atoms with Crippen molar-refractivity contribution in [2.24, 2.45) is 0 Å². The number of carboxylic acid groups (broad SMARTS) is 1. The molecule has 1 fully saturated rings. The summed E-state index contributed by atoms with van der Waals surface area (Å²) in [4.78, 5) is 12.2. The number of hydrogen-bond acceptors (Lipinski definition) is 4. The molecular formula is C18H19NO3S. The lowest BCUT2D eigenvalue weighted by Crippen LogP contribution is -2.41. The SMILES string of the molecule is O=C(O)c1ccccc1S[C@@H](c1ccccc1)[C@@H]1CNCCO1. The number of aromatic carboxylic acids is 1. The Balaban J connectivity index is 1.91. The van der Waals surface area contributed by atoms with E-state index in [1.165, 1.54) is 0 Å². The van der Waals surface area contributed by atoms with Gasteiger partial charge < -0.3 is 15.2 Å². The van der Waals surface area contributed by atoms with Gasteiger partial charge in [-0.15, -0.1) is 11.8 Å². The molecule has 3 rings (SSSR count). The zero-order valence-corrected chi connectivity index (χ0v) is 13.5. The van der Waals surface area contributed by atoms with Crippen molar-refractivity contribution in [1.82, 2.24) is 5.32 Å². The average molecular weight is 329 g/mol. The van der Waals surface area contributed by atoms with Crippen LogP contribution < -0.4 is 5.32 Å². The topological polar surface area (TPSA) is 58.6 Å². The maximum absolute atomic E-state index is 11.5. The predicted molar refractivity (Wildman–Crippen MR) is 91.1 cm³/mol. The smallest absolute Gasteiger partial charge is 0.336 e. The maximum atomic E-state index is 11.5. The van der Waals surface area contributed by atoms with Gasteiger partial charge in [-0.1, -0.05) is 42.5 Å². The third kappa shape index (κ3) is 3.93. The van der Waals surface area contributed by atoms with Crippen LogP contribution in [0.1, 0.15) is 21.2 Å². The Kier molecular flexibility index (Phi) is 5.33. The first-order valence-corrected chi connectivity index (χ1v) is 8.50. The molecule has 1 aliphatic rings. The van der Waals surface area contributed by atoms with Gasteiger partial charge in [-0.3, -0.25) is 0 Å². The lowest BCUT2D eigenvalue weighted by atomic mass is 10.1. The molecule has 1 aliphatic heterocycles. The number of morpholine rings is 1. The Bertz CT molecular complexity index is 656. The molecule has 5 heteroatoms. The minimum Gasteiger partial charge on any atom is -0.478 e. The number of nitrogens with one attached hydrogen (secondary N) is 1. The van der Waals surface area contributed by atoms with Crippen LogP contribution >= 0.6 is 11.8 Å². The number of carboxylic acids is 1. The van der Waals surface area contributed by atoms with Crippen molar-refractivity contribution in [3.8, 4) is 0 Å². The van der Waals surface area contributed by atoms with Crippen LogP contribution in [0.3, 0.4) is 0 Å². The summed E-state index contributed by atoms with van der Waals surface area (Å²) in [6, 6.07) is 17.3. The molecule has 23 heavy (non-hydrogen) atoms. The van der Waals surface area contributed by atoms with Crippen molar-refractivity contribution in [2.45, 2.75) is 16.2 Å². The Morgan fingerprint density at radius 3 is 2.61 bits per heavy atom. The van der Waals surface area contributed by atoms with Crippen LogP contribution in [0.5, 0.6) is 0 Å². The predicted octanol–water partition coefficient (Wildman–Crippen LogP) is 3.21. The van der Waals surface area contributed by atoms with E-state index in [2.05, 4.69) is 17.4 Å². The number of rotatable bonds is 5. The molecule has 2 aromatic carbocycles. The van der Waals surface area contributed by atoms with Crippen molar-refractivity contribution in [1.29, 1.82) is 0 Å². The number of carbonyl (C=O) groups is 1. The third-order valence-corrected chi connectivity index (χ3v) is 5.23. The standard InChI is InChI=1S/C18H19NO3S/c20-18(21)14-8-4-5-9-16(14)23-17(13-6-2-1-3-7-13)15-12-19-10-11-22-15/h1-9,15,17,19H,10-12H2,(H,20,21)/t15-,17-/m0/s1. The molecule has 0 spiro atoms. The fourth-order valence-electron chi connectivity index (χ4n) is 2.66. The molecule has 1 saturated heterocycles. The van der Waals surface area contributed by atoms with E-state index < -0.39 is 5.97 Å². The third-order valence-electron chi connectivity index (χ3n) is 3.79. The minimum absolute atomic E-state index is 0.0120. The number of benzene rings is 2. The quantitative estimate of drug-likeness (QED) is 0.825. The molecule has 0 saturated carbocycles. The normalized spacial score (nSPS) is 19.2. The summed E-state index contributed by atoms with van der Waals surface area (Å²) in [5, 5.41) is 12.8. The summed E-state index contributed by atoms with van der Waals surface area (Å²) >= 11 is 1.56. The van der Waals surface area contributed by atoms with E-state index >= 15 is 0 Å². The van der Waals surface area contributed by atoms with Gasteiger partial charge in [0.25, 0.3) is 0 Å². The van der Waals surface area contributed by atoms with E-state index in [9.17, 15) is 9.90 Å². The van der Waals surface area contributed by atoms with Gasteiger partial charge in [-0.25, -0.2) is 4.79 Å². The number of hydrogen-bond donors (Lipinski definition) is 2. The van der Waals surface area contributed by atoms with Crippen molar-refractivity contribution < 1.29 is 14.6 Å². The van der Waals surface area contributed by atoms with E-state index in [1.807, 2.05) is 30.3 Å². The van der Waals surface area contributed by atoms with Gasteiger partial charge in [0.15, 0.2) is 0 Å². The average Bonchev–Trinajstić information content (AvgIpc) is 2.61. The monoisotopic (exact) mass is 329 g/mol. The molecule has 0 amide bonds. The van der Waals surface area contributed by atoms with Gasteiger partial charge >= 0.3 is 5.97 Å². The van der Waals surface area contributed by atoms with Crippen molar-refractivity contribution in [3.05, 3.63) is 65.7 Å². The second-order valence-electron chi connectivity index (χ2n) is 5.36. The fourth-order valence-corrected chi connectivity index (χ4v) is 4.00. The van der Waals surface area contributed by atoms with Gasteiger partial charge in [0.05, 0.1) is 23.5 Å². The largest absolute Gasteiger partial charge is 0.478 e. The van der Waals surface area contributed by atoms with Crippen LogP contribution in [-0.4, -0.2) is 36.9 Å². The highest BCUT2D eigenvalue weighted by Crippen LogP contribution is 2.40. The molecule has 1 heterocycles. The van der Waals surface area contributed by atoms with Gasteiger partial charge in [-0.2, -0.15) is 0 Å². The van der Waals surface area contributed by atoms with E-state index in [0.29, 0.717) is 12.2 Å². The highest BCUT2D eigenvalue weighted by Gasteiger charge is 2.28. The Hall–Kier alpha value is -1.82. The summed E-state index contributed by atoms with van der Waals surface area (Å²) in [5.74, 6) is -0.900. The van der Waals surface area contributed by atoms with E-state index in [0.717, 1.165) is 23.5 Å². The van der Waals surface area contributed by atoms with E-state index in [4.69, 9.17) is 4.74 Å². The lowest BCUT2D eigenvalue weighted by Gasteiger charge is -2.31. The Morgan fingerprint density at radius 2 is 1.91 bits per heavy atom. The molecule has 2 N–H and O–H groups in total. The van der Waals surface area contributed by atoms with Crippen molar-refractivity contribution in [3.63, 3.8) is 0 Å². The molecule has 0 unspecified atom stereocenters. The summed E-state index contributed by atoms with van der Waals surface area (Å²) in [7, 11) is 0. The second kappa shape index (κ2) is 7.64. The molecule has 4 nitrogen and oxygen atoms in total. The molecular weight excluding hydrogens is 310 g/mol. The summed E-state index contributed by atoms with van der Waals surface area (Å²) in [6.45, 7) is 2.30. The van der Waals surface area contributed by atoms with Crippen molar-refractivity contribution >= 4 is 17.7 Å². The summed E-state index contributed by atoms with van der Waals surface area (Å²) in [5.41, 5.74) is 1.48. The van der Waals surface area contributed by atoms with Gasteiger partial charge in [0.2, 0.25) is 0 Å². The summed E-state index contributed by atoms with van der Waals surface area (Å²) < 4.78 is 5.94. The van der Waals surface area contributed by atoms with Crippen LogP contribution in [0.25, 0.3) is 0 Å². The zero-order valence-electron chi connectivity index (χ0n) is 12.6. The molecule has 0 aliphatic carbocycles. The van der Waals surface area contributed by atoms with E-state index in [-0.39, 0.29) is 11.4 Å². The molecule has 120 valence electrons. The van der Waals surface area contributed by atoms with Crippen LogP contribution in [-0.2, 0) is 4.74 Å². The molecule has 0 radical (unpaired) electrons. The Labute approximate surface area is 139 Å². The summed E-state index contributed by atoms with van der Waals surface area (Å²) in [6.07, 6.45) is 0.0120. The van der Waals surface area contributed by atoms with Gasteiger partial charge in [0.1, 0.15) is 0 Å². The highest BCUT2D eigenvalue weighted by atomic mass is 32.2. The fraction of sp³-hybridized carbons (Fsp3) is 0.278. The second-order valence-corrected chi connectivity index (χ2v) is 6.55. The highest BCUT2D eigenvalue weighted by molar-refractivity contribution is 7.99. The van der Waals surface area contributed by atoms with Crippen LogP contribution in [0.15, 0.2) is 59.5 Å². The molecule has 0 aromatic heterocycles. The first-order valence-electron chi connectivity index (χ1n) is 7.62. The van der Waals surface area contributed by atoms with Crippen LogP contribution in [0, 0.1) is 0 Å². The minimum atomic E-state index is -0.900. The zero-order chi connectivity index (χ0) is 16.1. The lowest BCUT2D eigenvalue weighted by molar-refractivity contribution is 0.0273. The molecule has 2 atom stereocenters. The van der Waals surface area contributed by atoms with Crippen LogP contribution in [0.4, 0.5) is 0 Å². The van der Waals surface area contributed by atoms with Gasteiger partial charge in [-0.05, 0) is 17.7 Å².